The summed E-state index contributed by atoms with van der Waals surface area (Å²) in [7, 11) is 3.07. The van der Waals surface area contributed by atoms with E-state index >= 15 is 0 Å². The topological polar surface area (TPSA) is 51.5 Å². The first-order valence-corrected chi connectivity index (χ1v) is 4.95. The second-order valence-corrected chi connectivity index (χ2v) is 3.48. The standard InChI is InChI=1S/C12H15NO3/c1-8(2)16-10-6-12(15-4)11(14-3)5-9(10)7-13/h5-6,8H,1-4H3. The highest BCUT2D eigenvalue weighted by molar-refractivity contribution is 5.55. The molecule has 1 aromatic rings. The lowest BCUT2D eigenvalue weighted by molar-refractivity contribution is 0.239. The summed E-state index contributed by atoms with van der Waals surface area (Å²) in [5.41, 5.74) is 0.436. The molecule has 0 heterocycles. The molecule has 0 bridgehead atoms. The summed E-state index contributed by atoms with van der Waals surface area (Å²) in [6.07, 6.45) is 0.00482. The normalized spacial score (nSPS) is 9.75. The Bertz CT molecular complexity index is 407. The predicted octanol–water partition coefficient (Wildman–Crippen LogP) is 2.36. The number of hydrogen-bond donors (Lipinski definition) is 0. The molecule has 16 heavy (non-hydrogen) atoms. The van der Waals surface area contributed by atoms with Crippen LogP contribution in [0.2, 0.25) is 0 Å². The largest absolute Gasteiger partial charge is 0.493 e. The average Bonchev–Trinajstić information content (AvgIpc) is 2.27. The van der Waals surface area contributed by atoms with Crippen LogP contribution in [-0.4, -0.2) is 20.3 Å². The molecule has 0 aliphatic carbocycles. The molecule has 0 aliphatic heterocycles. The summed E-state index contributed by atoms with van der Waals surface area (Å²) in [5.74, 6) is 1.59. The minimum atomic E-state index is 0.00482. The molecule has 0 unspecified atom stereocenters. The number of benzene rings is 1. The van der Waals surface area contributed by atoms with Gasteiger partial charge in [-0.2, -0.15) is 5.26 Å². The zero-order chi connectivity index (χ0) is 12.1. The first-order chi connectivity index (χ1) is 7.62. The summed E-state index contributed by atoms with van der Waals surface area (Å²) < 4.78 is 15.8. The number of ether oxygens (including phenoxy) is 3. The van der Waals surface area contributed by atoms with Gasteiger partial charge in [0.1, 0.15) is 11.8 Å². The molecule has 1 rings (SSSR count). The molecule has 0 amide bonds. The van der Waals surface area contributed by atoms with Crippen molar-refractivity contribution in [2.24, 2.45) is 0 Å². The Hall–Kier alpha value is -1.89. The monoisotopic (exact) mass is 221 g/mol. The van der Waals surface area contributed by atoms with Gasteiger partial charge < -0.3 is 14.2 Å². The van der Waals surface area contributed by atoms with E-state index in [1.807, 2.05) is 13.8 Å². The molecule has 0 saturated heterocycles. The quantitative estimate of drug-likeness (QED) is 0.783. The van der Waals surface area contributed by atoms with Gasteiger partial charge in [-0.3, -0.25) is 0 Å². The minimum absolute atomic E-state index is 0.00482. The zero-order valence-corrected chi connectivity index (χ0v) is 9.90. The molecule has 1 aromatic carbocycles. The lowest BCUT2D eigenvalue weighted by Crippen LogP contribution is -2.07. The van der Waals surface area contributed by atoms with Gasteiger partial charge in [0.2, 0.25) is 0 Å². The molecule has 0 atom stereocenters. The molecule has 0 aromatic heterocycles. The van der Waals surface area contributed by atoms with Gasteiger partial charge in [-0.25, -0.2) is 0 Å². The van der Waals surface area contributed by atoms with Gasteiger partial charge in [-0.05, 0) is 13.8 Å². The fraction of sp³-hybridized carbons (Fsp3) is 0.417. The number of nitrogens with zero attached hydrogens (tertiary/aromatic N) is 1. The Kier molecular flexibility index (Phi) is 4.01. The van der Waals surface area contributed by atoms with Crippen molar-refractivity contribution in [2.75, 3.05) is 14.2 Å². The van der Waals surface area contributed by atoms with Crippen molar-refractivity contribution in [1.82, 2.24) is 0 Å². The highest BCUT2D eigenvalue weighted by Gasteiger charge is 2.12. The van der Waals surface area contributed by atoms with Crippen molar-refractivity contribution < 1.29 is 14.2 Å². The van der Waals surface area contributed by atoms with E-state index in [-0.39, 0.29) is 6.10 Å². The maximum absolute atomic E-state index is 8.99. The second kappa shape index (κ2) is 5.26. The van der Waals surface area contributed by atoms with Gasteiger partial charge in [0, 0.05) is 12.1 Å². The number of rotatable bonds is 4. The van der Waals surface area contributed by atoms with Gasteiger partial charge in [0.25, 0.3) is 0 Å². The summed E-state index contributed by atoms with van der Waals surface area (Å²) in [6.45, 7) is 3.80. The van der Waals surface area contributed by atoms with E-state index < -0.39 is 0 Å². The summed E-state index contributed by atoms with van der Waals surface area (Å²) >= 11 is 0. The van der Waals surface area contributed by atoms with Crippen molar-refractivity contribution >= 4 is 0 Å². The van der Waals surface area contributed by atoms with Gasteiger partial charge in [0.05, 0.1) is 25.9 Å². The maximum atomic E-state index is 8.99. The zero-order valence-electron chi connectivity index (χ0n) is 9.90. The number of hydrogen-bond acceptors (Lipinski definition) is 4. The first-order valence-electron chi connectivity index (χ1n) is 4.95. The fourth-order valence-electron chi connectivity index (χ4n) is 1.30. The molecule has 0 fully saturated rings. The molecule has 0 N–H and O–H groups in total. The number of methoxy groups -OCH3 is 2. The van der Waals surface area contributed by atoms with Crippen LogP contribution in [0.3, 0.4) is 0 Å². The molecule has 86 valence electrons. The third kappa shape index (κ3) is 2.57. The molecule has 4 heteroatoms. The fourth-order valence-corrected chi connectivity index (χ4v) is 1.30. The molecular formula is C12H15NO3. The van der Waals surface area contributed by atoms with Crippen LogP contribution in [0.4, 0.5) is 0 Å². The van der Waals surface area contributed by atoms with Crippen molar-refractivity contribution in [2.45, 2.75) is 20.0 Å². The van der Waals surface area contributed by atoms with Gasteiger partial charge in [0.15, 0.2) is 11.5 Å². The Morgan fingerprint density at radius 2 is 1.62 bits per heavy atom. The Labute approximate surface area is 95.4 Å². The molecule has 0 spiro atoms. The van der Waals surface area contributed by atoms with Crippen LogP contribution in [0.1, 0.15) is 19.4 Å². The first kappa shape index (κ1) is 12.2. The second-order valence-electron chi connectivity index (χ2n) is 3.48. The van der Waals surface area contributed by atoms with Crippen molar-refractivity contribution in [1.29, 1.82) is 5.26 Å². The van der Waals surface area contributed by atoms with Crippen LogP contribution in [0, 0.1) is 11.3 Å². The van der Waals surface area contributed by atoms with Gasteiger partial charge >= 0.3 is 0 Å². The van der Waals surface area contributed by atoms with Crippen LogP contribution in [0.15, 0.2) is 12.1 Å². The van der Waals surface area contributed by atoms with Crippen LogP contribution in [0.5, 0.6) is 17.2 Å². The Morgan fingerprint density at radius 3 is 2.06 bits per heavy atom. The Balaban J connectivity index is 3.22. The van der Waals surface area contributed by atoms with Crippen LogP contribution in [-0.2, 0) is 0 Å². The van der Waals surface area contributed by atoms with E-state index in [1.165, 1.54) is 7.11 Å². The van der Waals surface area contributed by atoms with E-state index in [0.29, 0.717) is 22.8 Å². The van der Waals surface area contributed by atoms with E-state index in [9.17, 15) is 0 Å². The smallest absolute Gasteiger partial charge is 0.164 e. The lowest BCUT2D eigenvalue weighted by atomic mass is 10.2. The predicted molar refractivity (Wildman–Crippen MR) is 60.0 cm³/mol. The average molecular weight is 221 g/mol. The third-order valence-corrected chi connectivity index (χ3v) is 1.97. The lowest BCUT2D eigenvalue weighted by Gasteiger charge is -2.14. The highest BCUT2D eigenvalue weighted by Crippen LogP contribution is 2.34. The molecule has 0 radical (unpaired) electrons. The molecule has 4 nitrogen and oxygen atoms in total. The highest BCUT2D eigenvalue weighted by atomic mass is 16.5. The van der Waals surface area contributed by atoms with Crippen LogP contribution in [0.25, 0.3) is 0 Å². The van der Waals surface area contributed by atoms with E-state index in [0.717, 1.165) is 0 Å². The van der Waals surface area contributed by atoms with Crippen LogP contribution >= 0.6 is 0 Å². The van der Waals surface area contributed by atoms with E-state index in [1.54, 1.807) is 19.2 Å². The molecule has 0 aliphatic rings. The van der Waals surface area contributed by atoms with Crippen molar-refractivity contribution in [3.8, 4) is 23.3 Å². The summed E-state index contributed by atoms with van der Waals surface area (Å²) in [5, 5.41) is 8.99. The summed E-state index contributed by atoms with van der Waals surface area (Å²) in [6, 6.07) is 5.34. The van der Waals surface area contributed by atoms with Crippen LogP contribution < -0.4 is 14.2 Å². The third-order valence-electron chi connectivity index (χ3n) is 1.97. The van der Waals surface area contributed by atoms with Gasteiger partial charge in [-0.15, -0.1) is 0 Å². The SMILES string of the molecule is COc1cc(C#N)c(OC(C)C)cc1OC. The molecular weight excluding hydrogens is 206 g/mol. The van der Waals surface area contributed by atoms with E-state index in [4.69, 9.17) is 19.5 Å². The number of nitriles is 1. The van der Waals surface area contributed by atoms with E-state index in [2.05, 4.69) is 6.07 Å². The van der Waals surface area contributed by atoms with Crippen molar-refractivity contribution in [3.63, 3.8) is 0 Å². The van der Waals surface area contributed by atoms with Crippen molar-refractivity contribution in [3.05, 3.63) is 17.7 Å². The Morgan fingerprint density at radius 1 is 1.06 bits per heavy atom. The molecule has 0 saturated carbocycles. The minimum Gasteiger partial charge on any atom is -0.493 e. The van der Waals surface area contributed by atoms with Gasteiger partial charge in [-0.1, -0.05) is 0 Å². The maximum Gasteiger partial charge on any atom is 0.164 e. The summed E-state index contributed by atoms with van der Waals surface area (Å²) in [4.78, 5) is 0.